The van der Waals surface area contributed by atoms with E-state index in [2.05, 4.69) is 4.98 Å². The van der Waals surface area contributed by atoms with Crippen molar-refractivity contribution in [3.63, 3.8) is 0 Å². The smallest absolute Gasteiger partial charge is 0.341 e. The third kappa shape index (κ3) is 2.43. The molecule has 1 aliphatic rings. The lowest BCUT2D eigenvalue weighted by Crippen LogP contribution is -2.40. The Morgan fingerprint density at radius 2 is 2.05 bits per heavy atom. The highest BCUT2D eigenvalue weighted by Crippen LogP contribution is 2.36. The molecular weight excluding hydrogens is 332 g/mol. The van der Waals surface area contributed by atoms with E-state index in [1.54, 1.807) is 0 Å². The number of ether oxygens (including phenoxy) is 1. The Labute approximate surface area is 129 Å². The Bertz CT molecular complexity index is 839. The number of fused-ring (bicyclic) bond motifs is 1. The lowest BCUT2D eigenvalue weighted by molar-refractivity contribution is 0.0693. The number of aromatic carboxylic acids is 1. The molecule has 0 radical (unpaired) electrons. The van der Waals surface area contributed by atoms with Gasteiger partial charge < -0.3 is 14.9 Å². The second kappa shape index (κ2) is 5.47. The van der Waals surface area contributed by atoms with Gasteiger partial charge in [0.15, 0.2) is 0 Å². The molecule has 2 aromatic heterocycles. The van der Waals surface area contributed by atoms with Gasteiger partial charge in [-0.15, -0.1) is 11.3 Å². The van der Waals surface area contributed by atoms with Crippen LogP contribution < -0.4 is 0 Å². The highest BCUT2D eigenvalue weighted by atomic mass is 32.2. The number of rotatable bonds is 3. The number of morpholine rings is 1. The Morgan fingerprint density at radius 1 is 1.36 bits per heavy atom. The summed E-state index contributed by atoms with van der Waals surface area (Å²) in [5.74, 6) is -1.80. The van der Waals surface area contributed by atoms with Crippen molar-refractivity contribution >= 4 is 37.5 Å². The fraction of sp³-hybridized carbons (Fsp3) is 0.333. The van der Waals surface area contributed by atoms with Crippen LogP contribution in [0.15, 0.2) is 16.5 Å². The van der Waals surface area contributed by atoms with Crippen molar-refractivity contribution < 1.29 is 28.2 Å². The van der Waals surface area contributed by atoms with Crippen molar-refractivity contribution in [2.45, 2.75) is 4.21 Å². The van der Waals surface area contributed by atoms with Gasteiger partial charge in [0.2, 0.25) is 0 Å². The SMILES string of the molecule is O=C(O)c1cnc2sc(S(=O)(=O)N3CCOCC3)cc2c1O. The second-order valence-electron chi connectivity index (χ2n) is 4.63. The zero-order valence-corrected chi connectivity index (χ0v) is 12.9. The van der Waals surface area contributed by atoms with Gasteiger partial charge in [0.05, 0.1) is 18.6 Å². The quantitative estimate of drug-likeness (QED) is 0.842. The maximum absolute atomic E-state index is 12.5. The van der Waals surface area contributed by atoms with E-state index in [4.69, 9.17) is 9.84 Å². The van der Waals surface area contributed by atoms with Gasteiger partial charge in [-0.2, -0.15) is 4.31 Å². The summed E-state index contributed by atoms with van der Waals surface area (Å²) in [6, 6.07) is 1.26. The van der Waals surface area contributed by atoms with E-state index in [0.717, 1.165) is 17.5 Å². The molecule has 118 valence electrons. The van der Waals surface area contributed by atoms with Gasteiger partial charge in [-0.3, -0.25) is 0 Å². The summed E-state index contributed by atoms with van der Waals surface area (Å²) < 4.78 is 31.5. The van der Waals surface area contributed by atoms with Crippen LogP contribution in [-0.2, 0) is 14.8 Å². The van der Waals surface area contributed by atoms with Crippen LogP contribution in [-0.4, -0.2) is 60.2 Å². The van der Waals surface area contributed by atoms with Gasteiger partial charge in [-0.05, 0) is 6.07 Å². The van der Waals surface area contributed by atoms with Gasteiger partial charge in [-0.25, -0.2) is 18.2 Å². The first-order valence-corrected chi connectivity index (χ1v) is 8.59. The number of pyridine rings is 1. The van der Waals surface area contributed by atoms with E-state index in [9.17, 15) is 18.3 Å². The minimum Gasteiger partial charge on any atom is -0.506 e. The number of carbonyl (C=O) groups is 1. The summed E-state index contributed by atoms with van der Waals surface area (Å²) in [4.78, 5) is 15.2. The molecule has 3 rings (SSSR count). The average molecular weight is 344 g/mol. The molecule has 10 heteroatoms. The predicted octanol–water partition coefficient (Wildman–Crippen LogP) is 0.721. The summed E-state index contributed by atoms with van der Waals surface area (Å²) in [7, 11) is -3.70. The highest BCUT2D eigenvalue weighted by Gasteiger charge is 2.29. The first-order valence-electron chi connectivity index (χ1n) is 6.34. The Kier molecular flexibility index (Phi) is 3.77. The van der Waals surface area contributed by atoms with Crippen molar-refractivity contribution in [3.05, 3.63) is 17.8 Å². The number of nitrogens with zero attached hydrogens (tertiary/aromatic N) is 2. The lowest BCUT2D eigenvalue weighted by atomic mass is 10.2. The van der Waals surface area contributed by atoms with E-state index >= 15 is 0 Å². The monoisotopic (exact) mass is 344 g/mol. The molecule has 0 atom stereocenters. The molecule has 2 aromatic rings. The standard InChI is InChI=1S/C12H12N2O6S2/c15-10-7-5-9(21-11(7)13-6-8(10)12(16)17)22(18,19)14-1-3-20-4-2-14/h5-6H,1-4H2,(H,13,15)(H,16,17). The highest BCUT2D eigenvalue weighted by molar-refractivity contribution is 7.91. The fourth-order valence-electron chi connectivity index (χ4n) is 2.15. The Morgan fingerprint density at radius 3 is 2.68 bits per heavy atom. The molecule has 8 nitrogen and oxygen atoms in total. The Balaban J connectivity index is 2.08. The first kappa shape index (κ1) is 15.2. The molecule has 1 fully saturated rings. The zero-order valence-electron chi connectivity index (χ0n) is 11.2. The number of hydrogen-bond donors (Lipinski definition) is 2. The summed E-state index contributed by atoms with van der Waals surface area (Å²) in [6.45, 7) is 1.18. The third-order valence-corrected chi connectivity index (χ3v) is 6.70. The van der Waals surface area contributed by atoms with Crippen LogP contribution in [0.3, 0.4) is 0 Å². The number of aromatic hydroxyl groups is 1. The van der Waals surface area contributed by atoms with Crippen LogP contribution in [0.2, 0.25) is 0 Å². The van der Waals surface area contributed by atoms with Crippen LogP contribution in [0.4, 0.5) is 0 Å². The van der Waals surface area contributed by atoms with Crippen LogP contribution in [0.1, 0.15) is 10.4 Å². The number of carboxylic acid groups (broad SMARTS) is 1. The lowest BCUT2D eigenvalue weighted by Gasteiger charge is -2.25. The second-order valence-corrected chi connectivity index (χ2v) is 7.82. The number of aromatic nitrogens is 1. The maximum Gasteiger partial charge on any atom is 0.341 e. The van der Waals surface area contributed by atoms with E-state index in [-0.39, 0.29) is 33.1 Å². The number of sulfonamides is 1. The summed E-state index contributed by atoms with van der Waals surface area (Å²) >= 11 is 0.898. The summed E-state index contributed by atoms with van der Waals surface area (Å²) in [6.07, 6.45) is 1.02. The average Bonchev–Trinajstić information content (AvgIpc) is 2.94. The number of carboxylic acids is 1. The van der Waals surface area contributed by atoms with Crippen molar-refractivity contribution in [3.8, 4) is 5.75 Å². The molecule has 1 aliphatic heterocycles. The minimum atomic E-state index is -3.70. The predicted molar refractivity (Wildman–Crippen MR) is 77.8 cm³/mol. The van der Waals surface area contributed by atoms with E-state index in [1.165, 1.54) is 10.4 Å². The largest absolute Gasteiger partial charge is 0.506 e. The minimum absolute atomic E-state index is 0.0229. The molecule has 0 spiro atoms. The third-order valence-electron chi connectivity index (χ3n) is 3.31. The van der Waals surface area contributed by atoms with Crippen molar-refractivity contribution in [1.82, 2.24) is 9.29 Å². The van der Waals surface area contributed by atoms with E-state index in [1.807, 2.05) is 0 Å². The van der Waals surface area contributed by atoms with Crippen LogP contribution >= 0.6 is 11.3 Å². The molecule has 0 aliphatic carbocycles. The molecule has 22 heavy (non-hydrogen) atoms. The molecule has 0 aromatic carbocycles. The van der Waals surface area contributed by atoms with Crippen LogP contribution in [0.5, 0.6) is 5.75 Å². The Hall–Kier alpha value is -1.75. The molecular formula is C12H12N2O6S2. The maximum atomic E-state index is 12.5. The molecule has 0 amide bonds. The fourth-order valence-corrected chi connectivity index (χ4v) is 5.02. The van der Waals surface area contributed by atoms with Crippen LogP contribution in [0, 0.1) is 0 Å². The topological polar surface area (TPSA) is 117 Å². The molecule has 0 bridgehead atoms. The zero-order chi connectivity index (χ0) is 15.9. The molecule has 0 unspecified atom stereocenters. The van der Waals surface area contributed by atoms with E-state index < -0.39 is 21.7 Å². The van der Waals surface area contributed by atoms with Crippen molar-refractivity contribution in [2.75, 3.05) is 26.3 Å². The van der Waals surface area contributed by atoms with Gasteiger partial charge in [0.1, 0.15) is 20.4 Å². The van der Waals surface area contributed by atoms with Crippen LogP contribution in [0.25, 0.3) is 10.2 Å². The van der Waals surface area contributed by atoms with Gasteiger partial charge in [-0.1, -0.05) is 0 Å². The van der Waals surface area contributed by atoms with Gasteiger partial charge >= 0.3 is 5.97 Å². The summed E-state index contributed by atoms with van der Waals surface area (Å²) in [5, 5.41) is 19.0. The number of hydrogen-bond acceptors (Lipinski definition) is 7. The molecule has 2 N–H and O–H groups in total. The number of thiophene rings is 1. The van der Waals surface area contributed by atoms with E-state index in [0.29, 0.717) is 13.2 Å². The molecule has 0 saturated carbocycles. The normalized spacial score (nSPS) is 16.9. The van der Waals surface area contributed by atoms with Gasteiger partial charge in [0, 0.05) is 19.3 Å². The first-order chi connectivity index (χ1) is 10.4. The molecule has 3 heterocycles. The molecule has 1 saturated heterocycles. The van der Waals surface area contributed by atoms with Crippen molar-refractivity contribution in [2.24, 2.45) is 0 Å². The van der Waals surface area contributed by atoms with Gasteiger partial charge in [0.25, 0.3) is 10.0 Å². The van der Waals surface area contributed by atoms with Crippen molar-refractivity contribution in [1.29, 1.82) is 0 Å². The summed E-state index contributed by atoms with van der Waals surface area (Å²) in [5.41, 5.74) is -0.361.